The number of aromatic nitrogens is 1. The average Bonchev–Trinajstić information content (AvgIpc) is 2.44. The highest BCUT2D eigenvalue weighted by molar-refractivity contribution is 5.64. The van der Waals surface area contributed by atoms with Crippen molar-refractivity contribution in [2.45, 2.75) is 6.10 Å². The summed E-state index contributed by atoms with van der Waals surface area (Å²) in [5.41, 5.74) is -0.298. The summed E-state index contributed by atoms with van der Waals surface area (Å²) in [7, 11) is 1.99. The van der Waals surface area contributed by atoms with E-state index in [0.29, 0.717) is 13.2 Å². The molecule has 1 fully saturated rings. The van der Waals surface area contributed by atoms with Crippen LogP contribution in [0, 0.1) is 21.4 Å². The maximum atomic E-state index is 11.0. The first kappa shape index (κ1) is 14.2. The van der Waals surface area contributed by atoms with Crippen LogP contribution >= 0.6 is 0 Å². The van der Waals surface area contributed by atoms with Crippen LogP contribution in [-0.4, -0.2) is 54.2 Å². The Morgan fingerprint density at radius 2 is 2.55 bits per heavy atom. The molecule has 0 aliphatic carbocycles. The van der Waals surface area contributed by atoms with Crippen LogP contribution < -0.4 is 5.32 Å². The standard InChI is InChI=1S/C12H15N5O3/c1-16-4-5-20-10(8-16)7-15-12-11(17(18)19)9(6-13)2-3-14-12/h2-3,10H,4-5,7-8H2,1H3,(H,14,15). The molecule has 2 rings (SSSR count). The van der Waals surface area contributed by atoms with Gasteiger partial charge in [0.2, 0.25) is 5.82 Å². The van der Waals surface area contributed by atoms with Crippen molar-refractivity contribution in [3.8, 4) is 6.07 Å². The number of nitrogens with one attached hydrogen (secondary N) is 1. The highest BCUT2D eigenvalue weighted by Crippen LogP contribution is 2.25. The van der Waals surface area contributed by atoms with Gasteiger partial charge in [-0.3, -0.25) is 10.1 Å². The zero-order valence-electron chi connectivity index (χ0n) is 11.1. The van der Waals surface area contributed by atoms with E-state index in [1.54, 1.807) is 6.07 Å². The number of hydrogen-bond donors (Lipinski definition) is 1. The molecule has 1 aromatic heterocycles. The predicted octanol–water partition coefficient (Wildman–Crippen LogP) is 0.604. The Labute approximate surface area is 116 Å². The lowest BCUT2D eigenvalue weighted by Gasteiger charge is -2.30. The number of hydrogen-bond acceptors (Lipinski definition) is 7. The van der Waals surface area contributed by atoms with E-state index in [9.17, 15) is 10.1 Å². The Balaban J connectivity index is 2.09. The van der Waals surface area contributed by atoms with Crippen molar-refractivity contribution in [1.29, 1.82) is 5.26 Å². The molecule has 2 heterocycles. The summed E-state index contributed by atoms with van der Waals surface area (Å²) in [5, 5.41) is 22.8. The molecule has 1 N–H and O–H groups in total. The molecule has 0 amide bonds. The fraction of sp³-hybridized carbons (Fsp3) is 0.500. The first-order chi connectivity index (χ1) is 9.61. The molecule has 0 bridgehead atoms. The van der Waals surface area contributed by atoms with Gasteiger partial charge in [-0.25, -0.2) is 4.98 Å². The number of nitriles is 1. The van der Waals surface area contributed by atoms with Gasteiger partial charge in [0.15, 0.2) is 0 Å². The van der Waals surface area contributed by atoms with Crippen LogP contribution in [0.4, 0.5) is 11.5 Å². The van der Waals surface area contributed by atoms with E-state index in [4.69, 9.17) is 10.00 Å². The van der Waals surface area contributed by atoms with Gasteiger partial charge in [-0.1, -0.05) is 0 Å². The highest BCUT2D eigenvalue weighted by Gasteiger charge is 2.23. The lowest BCUT2D eigenvalue weighted by atomic mass is 10.2. The molecule has 1 unspecified atom stereocenters. The monoisotopic (exact) mass is 277 g/mol. The molecule has 0 aromatic carbocycles. The van der Waals surface area contributed by atoms with E-state index in [1.165, 1.54) is 12.3 Å². The van der Waals surface area contributed by atoms with Crippen molar-refractivity contribution in [2.24, 2.45) is 0 Å². The molecular weight excluding hydrogens is 262 g/mol. The zero-order chi connectivity index (χ0) is 14.5. The molecule has 1 aliphatic heterocycles. The predicted molar refractivity (Wildman–Crippen MR) is 71.3 cm³/mol. The average molecular weight is 277 g/mol. The quantitative estimate of drug-likeness (QED) is 0.634. The fourth-order valence-electron chi connectivity index (χ4n) is 2.06. The van der Waals surface area contributed by atoms with Crippen molar-refractivity contribution in [2.75, 3.05) is 38.6 Å². The summed E-state index contributed by atoms with van der Waals surface area (Å²) in [6.07, 6.45) is 1.32. The van der Waals surface area contributed by atoms with Crippen LogP contribution in [0.3, 0.4) is 0 Å². The third kappa shape index (κ3) is 3.20. The first-order valence-electron chi connectivity index (χ1n) is 6.19. The van der Waals surface area contributed by atoms with Gasteiger partial charge in [0.1, 0.15) is 11.6 Å². The minimum absolute atomic E-state index is 0.00539. The third-order valence-corrected chi connectivity index (χ3v) is 3.07. The zero-order valence-corrected chi connectivity index (χ0v) is 11.1. The van der Waals surface area contributed by atoms with Crippen molar-refractivity contribution in [1.82, 2.24) is 9.88 Å². The van der Waals surface area contributed by atoms with Crippen molar-refractivity contribution in [3.63, 3.8) is 0 Å². The van der Waals surface area contributed by atoms with Gasteiger partial charge in [-0.15, -0.1) is 0 Å². The Bertz CT molecular complexity index is 542. The molecule has 20 heavy (non-hydrogen) atoms. The van der Waals surface area contributed by atoms with Gasteiger partial charge in [0.05, 0.1) is 17.6 Å². The number of anilines is 1. The van der Waals surface area contributed by atoms with E-state index >= 15 is 0 Å². The van der Waals surface area contributed by atoms with E-state index < -0.39 is 4.92 Å². The first-order valence-corrected chi connectivity index (χ1v) is 6.19. The van der Waals surface area contributed by atoms with E-state index in [-0.39, 0.29) is 23.2 Å². The van der Waals surface area contributed by atoms with E-state index in [0.717, 1.165) is 13.1 Å². The second-order valence-corrected chi connectivity index (χ2v) is 4.56. The van der Waals surface area contributed by atoms with Crippen LogP contribution in [0.25, 0.3) is 0 Å². The van der Waals surface area contributed by atoms with Crippen LogP contribution in [0.5, 0.6) is 0 Å². The summed E-state index contributed by atoms with van der Waals surface area (Å²) in [5.74, 6) is 0.103. The molecular formula is C12H15N5O3. The van der Waals surface area contributed by atoms with Crippen LogP contribution in [0.15, 0.2) is 12.3 Å². The maximum Gasteiger partial charge on any atom is 0.328 e. The Kier molecular flexibility index (Phi) is 4.45. The molecule has 1 atom stereocenters. The van der Waals surface area contributed by atoms with Gasteiger partial charge < -0.3 is 15.0 Å². The molecule has 0 saturated carbocycles. The SMILES string of the molecule is CN1CCOC(CNc2nccc(C#N)c2[N+](=O)[O-])C1. The molecule has 8 nitrogen and oxygen atoms in total. The second kappa shape index (κ2) is 6.27. The maximum absolute atomic E-state index is 11.0. The third-order valence-electron chi connectivity index (χ3n) is 3.07. The molecule has 106 valence electrons. The summed E-state index contributed by atoms with van der Waals surface area (Å²) in [4.78, 5) is 16.5. The number of pyridine rings is 1. The number of morpholine rings is 1. The highest BCUT2D eigenvalue weighted by atomic mass is 16.6. The minimum Gasteiger partial charge on any atom is -0.374 e. The number of rotatable bonds is 4. The fourth-order valence-corrected chi connectivity index (χ4v) is 2.06. The normalized spacial score (nSPS) is 19.3. The molecule has 1 aromatic rings. The lowest BCUT2D eigenvalue weighted by Crippen LogP contribution is -2.43. The Morgan fingerprint density at radius 3 is 3.20 bits per heavy atom. The van der Waals surface area contributed by atoms with Gasteiger partial charge in [-0.05, 0) is 13.1 Å². The molecule has 8 heteroatoms. The smallest absolute Gasteiger partial charge is 0.328 e. The van der Waals surface area contributed by atoms with Gasteiger partial charge in [-0.2, -0.15) is 5.26 Å². The number of nitro groups is 1. The number of likely N-dealkylation sites (N-methyl/N-ethyl adjacent to an activating group) is 1. The number of nitrogens with zero attached hydrogens (tertiary/aromatic N) is 4. The molecule has 1 aliphatic rings. The van der Waals surface area contributed by atoms with E-state index in [1.807, 2.05) is 7.05 Å². The van der Waals surface area contributed by atoms with Gasteiger partial charge >= 0.3 is 5.69 Å². The summed E-state index contributed by atoms with van der Waals surface area (Å²) >= 11 is 0. The van der Waals surface area contributed by atoms with Crippen LogP contribution in [-0.2, 0) is 4.74 Å². The molecule has 0 radical (unpaired) electrons. The van der Waals surface area contributed by atoms with Crippen molar-refractivity contribution < 1.29 is 9.66 Å². The van der Waals surface area contributed by atoms with Crippen LogP contribution in [0.1, 0.15) is 5.56 Å². The van der Waals surface area contributed by atoms with Gasteiger partial charge in [0, 0.05) is 25.8 Å². The summed E-state index contributed by atoms with van der Waals surface area (Å²) in [6, 6.07) is 3.13. The second-order valence-electron chi connectivity index (χ2n) is 4.56. The topological polar surface area (TPSA) is 104 Å². The largest absolute Gasteiger partial charge is 0.374 e. The van der Waals surface area contributed by atoms with E-state index in [2.05, 4.69) is 15.2 Å². The van der Waals surface area contributed by atoms with Crippen molar-refractivity contribution in [3.05, 3.63) is 27.9 Å². The van der Waals surface area contributed by atoms with Crippen molar-refractivity contribution >= 4 is 11.5 Å². The van der Waals surface area contributed by atoms with Gasteiger partial charge in [0.25, 0.3) is 0 Å². The lowest BCUT2D eigenvalue weighted by molar-refractivity contribution is -0.384. The molecule has 1 saturated heterocycles. The van der Waals surface area contributed by atoms with Crippen LogP contribution in [0.2, 0.25) is 0 Å². The number of ether oxygens (including phenoxy) is 1. The Hall–Kier alpha value is -2.24. The summed E-state index contributed by atoms with van der Waals surface area (Å²) < 4.78 is 5.56. The molecule has 0 spiro atoms. The summed E-state index contributed by atoms with van der Waals surface area (Å²) in [6.45, 7) is 2.67. The minimum atomic E-state index is -0.595. The Morgan fingerprint density at radius 1 is 1.75 bits per heavy atom.